The lowest BCUT2D eigenvalue weighted by atomic mass is 9.96. The first-order chi connectivity index (χ1) is 17.7. The Morgan fingerprint density at radius 1 is 1.24 bits per heavy atom. The number of aromatic amines is 1. The van der Waals surface area contributed by atoms with Crippen molar-refractivity contribution in [2.75, 3.05) is 6.61 Å². The molecule has 0 unspecified atom stereocenters. The maximum atomic E-state index is 13.7. The third kappa shape index (κ3) is 7.06. The minimum atomic E-state index is -4.23. The molecule has 1 saturated heterocycles. The molecule has 0 aliphatic carbocycles. The number of carbonyl (C=O) groups is 1. The smallest absolute Gasteiger partial charge is 0.406 e. The van der Waals surface area contributed by atoms with Gasteiger partial charge in [-0.3, -0.25) is 28.2 Å². The van der Waals surface area contributed by atoms with Gasteiger partial charge >= 0.3 is 19.4 Å². The number of nitrogens with zero attached hydrogens (tertiary/aromatic N) is 1. The third-order valence-electron chi connectivity index (χ3n) is 5.98. The molecule has 1 aliphatic heterocycles. The predicted octanol–water partition coefficient (Wildman–Crippen LogP) is 1.13. The fourth-order valence-electron chi connectivity index (χ4n) is 3.82. The Hall–Kier alpha value is -2.64. The minimum absolute atomic E-state index is 0.121. The summed E-state index contributed by atoms with van der Waals surface area (Å²) < 4.78 is 36.7. The van der Waals surface area contributed by atoms with Crippen molar-refractivity contribution >= 4 is 13.7 Å². The Kier molecular flexibility index (Phi) is 9.48. The van der Waals surface area contributed by atoms with Crippen molar-refractivity contribution in [2.45, 2.75) is 77.4 Å². The van der Waals surface area contributed by atoms with Crippen LogP contribution in [-0.4, -0.2) is 62.3 Å². The number of benzene rings is 1. The van der Waals surface area contributed by atoms with Crippen LogP contribution in [-0.2, 0) is 34.5 Å². The molecule has 0 saturated carbocycles. The van der Waals surface area contributed by atoms with Crippen molar-refractivity contribution in [3.8, 4) is 0 Å². The van der Waals surface area contributed by atoms with Gasteiger partial charge in [0.15, 0.2) is 6.23 Å². The molecule has 1 aromatic heterocycles. The van der Waals surface area contributed by atoms with E-state index in [1.54, 1.807) is 26.0 Å². The first-order valence-electron chi connectivity index (χ1n) is 12.0. The van der Waals surface area contributed by atoms with Crippen molar-refractivity contribution in [3.63, 3.8) is 0 Å². The summed E-state index contributed by atoms with van der Waals surface area (Å²) in [5, 5.41) is 24.2. The summed E-state index contributed by atoms with van der Waals surface area (Å²) >= 11 is 0. The molecule has 2 heterocycles. The van der Waals surface area contributed by atoms with Crippen molar-refractivity contribution < 1.29 is 38.1 Å². The number of rotatable bonds is 11. The highest BCUT2D eigenvalue weighted by molar-refractivity contribution is 7.51. The number of hydrogen-bond acceptors (Lipinski definition) is 10. The van der Waals surface area contributed by atoms with Crippen molar-refractivity contribution in [1.29, 1.82) is 0 Å². The molecule has 1 aliphatic rings. The number of nitrogens with one attached hydrogen (secondary N) is 2. The van der Waals surface area contributed by atoms with E-state index in [0.717, 1.165) is 28.0 Å². The summed E-state index contributed by atoms with van der Waals surface area (Å²) in [7, 11) is -4.23. The molecule has 210 valence electrons. The first-order valence-corrected chi connectivity index (χ1v) is 13.6. The quantitative estimate of drug-likeness (QED) is 0.231. The van der Waals surface area contributed by atoms with Crippen LogP contribution in [0.2, 0.25) is 0 Å². The maximum Gasteiger partial charge on any atom is 0.406 e. The summed E-state index contributed by atoms with van der Waals surface area (Å²) in [5.41, 5.74) is -1.88. The zero-order valence-electron chi connectivity index (χ0n) is 21.8. The van der Waals surface area contributed by atoms with E-state index >= 15 is 0 Å². The van der Waals surface area contributed by atoms with Crippen molar-refractivity contribution in [3.05, 3.63) is 68.5 Å². The normalized spacial score (nSPS) is 25.7. The molecule has 6 atom stereocenters. The third-order valence-corrected chi connectivity index (χ3v) is 7.64. The van der Waals surface area contributed by atoms with Gasteiger partial charge in [-0.1, -0.05) is 24.3 Å². The van der Waals surface area contributed by atoms with E-state index in [0.29, 0.717) is 0 Å². The van der Waals surface area contributed by atoms with Gasteiger partial charge in [0.05, 0.1) is 19.3 Å². The molecule has 0 bridgehead atoms. The fourth-order valence-corrected chi connectivity index (χ4v) is 5.28. The van der Waals surface area contributed by atoms with Crippen molar-refractivity contribution in [2.24, 2.45) is 0 Å². The number of hydrogen-bond donors (Lipinski definition) is 4. The van der Waals surface area contributed by atoms with E-state index in [2.05, 4.69) is 10.1 Å². The summed E-state index contributed by atoms with van der Waals surface area (Å²) in [4.78, 5) is 38.0. The van der Waals surface area contributed by atoms with Crippen LogP contribution in [0.4, 0.5) is 0 Å². The molecule has 0 radical (unpaired) electrons. The summed E-state index contributed by atoms with van der Waals surface area (Å²) in [6, 6.07) is 7.24. The summed E-state index contributed by atoms with van der Waals surface area (Å²) in [6.45, 7) is 7.21. The molecule has 1 aromatic carbocycles. The lowest BCUT2D eigenvalue weighted by Gasteiger charge is -2.27. The molecule has 1 fully saturated rings. The number of ether oxygens (including phenoxy) is 2. The molecule has 0 amide bonds. The van der Waals surface area contributed by atoms with Gasteiger partial charge < -0.3 is 19.7 Å². The molecular formula is C24H34N3O10P. The Labute approximate surface area is 219 Å². The molecule has 2 aromatic rings. The van der Waals surface area contributed by atoms with Gasteiger partial charge in [-0.15, -0.1) is 0 Å². The van der Waals surface area contributed by atoms with Gasteiger partial charge in [0, 0.05) is 12.3 Å². The Morgan fingerprint density at radius 3 is 2.55 bits per heavy atom. The maximum absolute atomic E-state index is 13.7. The van der Waals surface area contributed by atoms with Gasteiger partial charge in [-0.25, -0.2) is 14.4 Å². The van der Waals surface area contributed by atoms with E-state index in [1.807, 2.05) is 19.1 Å². The fraction of sp³-hybridized carbons (Fsp3) is 0.542. The van der Waals surface area contributed by atoms with Crippen molar-refractivity contribution in [1.82, 2.24) is 14.6 Å². The average molecular weight is 556 g/mol. The molecule has 3 rings (SSSR count). The van der Waals surface area contributed by atoms with E-state index < -0.39 is 67.8 Å². The second-order valence-corrected chi connectivity index (χ2v) is 11.3. The van der Waals surface area contributed by atoms with E-state index in [9.17, 15) is 29.2 Å². The molecule has 14 heteroatoms. The van der Waals surface area contributed by atoms with Crippen LogP contribution >= 0.6 is 7.75 Å². The van der Waals surface area contributed by atoms with Gasteiger partial charge in [0.1, 0.15) is 23.9 Å². The van der Waals surface area contributed by atoms with Gasteiger partial charge in [0.25, 0.3) is 5.56 Å². The lowest BCUT2D eigenvalue weighted by molar-refractivity contribution is -0.149. The number of aliphatic hydroxyl groups is 2. The second-order valence-electron chi connectivity index (χ2n) is 9.54. The van der Waals surface area contributed by atoms with Gasteiger partial charge in [-0.2, -0.15) is 0 Å². The second kappa shape index (κ2) is 12.0. The van der Waals surface area contributed by atoms with Gasteiger partial charge in [-0.05, 0) is 45.7 Å². The Bertz CT molecular complexity index is 1290. The zero-order chi connectivity index (χ0) is 28.3. The molecule has 0 spiro atoms. The number of esters is 1. The first kappa shape index (κ1) is 29.9. The highest BCUT2D eigenvalue weighted by Crippen LogP contribution is 2.47. The number of aromatic nitrogens is 2. The largest absolute Gasteiger partial charge is 0.462 e. The number of aryl methyl sites for hydroxylation is 1. The number of H-pyrrole nitrogens is 1. The van der Waals surface area contributed by atoms with Crippen LogP contribution in [0.5, 0.6) is 0 Å². The lowest BCUT2D eigenvalue weighted by Crippen LogP contribution is -2.47. The summed E-state index contributed by atoms with van der Waals surface area (Å²) in [6.07, 6.45) is -3.52. The molecule has 13 nitrogen and oxygen atoms in total. The van der Waals surface area contributed by atoms with E-state index in [4.69, 9.17) is 18.5 Å². The number of aliphatic hydroxyl groups excluding tert-OH is 1. The van der Waals surface area contributed by atoms with Crippen LogP contribution in [0, 0.1) is 6.92 Å². The van der Waals surface area contributed by atoms with Crippen LogP contribution in [0.15, 0.2) is 46.1 Å². The molecule has 4 N–H and O–H groups in total. The van der Waals surface area contributed by atoms with Crippen LogP contribution in [0.25, 0.3) is 0 Å². The zero-order valence-corrected chi connectivity index (χ0v) is 22.7. The standard InChI is InChI=1S/C24H34N3O10P/c1-14(2)36-21(30)16(4)26-38(33,34-12-17-9-7-6-8-15(17)3)35-13-18-20(29)24(5,32)22(37-18)27-11-10-19(28)25-23(27)31/h6-11,14,16,18,20,22,29,32H,12-13H2,1-5H3,(H,26,33)(H,25,28,31)/t16-,18+,20+,22+,24+,38-/m0/s1. The SMILES string of the molecule is Cc1ccccc1CO[P@@](=O)(N[C@@H](C)C(=O)OC(C)C)OC[C@H]1O[C@@H](n2ccc(=O)[nH]c2=O)[C@](C)(O)[C@@H]1O. The highest BCUT2D eigenvalue weighted by atomic mass is 31.2. The average Bonchev–Trinajstić information content (AvgIpc) is 3.05. The summed E-state index contributed by atoms with van der Waals surface area (Å²) in [5.74, 6) is -0.680. The van der Waals surface area contributed by atoms with E-state index in [1.165, 1.54) is 13.8 Å². The number of carbonyl (C=O) groups excluding carboxylic acids is 1. The highest BCUT2D eigenvalue weighted by Gasteiger charge is 2.54. The minimum Gasteiger partial charge on any atom is -0.462 e. The van der Waals surface area contributed by atoms with Gasteiger partial charge in [0.2, 0.25) is 0 Å². The monoisotopic (exact) mass is 555 g/mol. The molecule has 38 heavy (non-hydrogen) atoms. The van der Waals surface area contributed by atoms with E-state index in [-0.39, 0.29) is 6.61 Å². The molecular weight excluding hydrogens is 521 g/mol. The van der Waals surface area contributed by atoms with Crippen LogP contribution in [0.3, 0.4) is 0 Å². The Balaban J connectivity index is 1.79. The topological polar surface area (TPSA) is 178 Å². The van der Waals surface area contributed by atoms with Crippen LogP contribution < -0.4 is 16.3 Å². The predicted molar refractivity (Wildman–Crippen MR) is 135 cm³/mol. The van der Waals surface area contributed by atoms with Crippen LogP contribution in [0.1, 0.15) is 45.0 Å². The Morgan fingerprint density at radius 2 is 1.92 bits per heavy atom.